The fourth-order valence-corrected chi connectivity index (χ4v) is 1.71. The van der Waals surface area contributed by atoms with Crippen LogP contribution in [0.15, 0.2) is 30.5 Å². The number of rotatable bonds is 3. The fourth-order valence-electron chi connectivity index (χ4n) is 1.57. The molecular formula is C13H12ClN3O2. The van der Waals surface area contributed by atoms with E-state index in [4.69, 9.17) is 11.6 Å². The number of benzene rings is 1. The summed E-state index contributed by atoms with van der Waals surface area (Å²) in [5.74, 6) is -0.204. The molecule has 0 atom stereocenters. The molecule has 2 aromatic rings. The van der Waals surface area contributed by atoms with Gasteiger partial charge in [-0.05, 0) is 36.2 Å². The van der Waals surface area contributed by atoms with Gasteiger partial charge in [0.05, 0.1) is 7.11 Å². The van der Waals surface area contributed by atoms with E-state index < -0.39 is 5.97 Å². The lowest BCUT2D eigenvalue weighted by Crippen LogP contribution is -2.08. The number of halogens is 1. The number of methoxy groups -OCH3 is 1. The molecule has 0 bridgehead atoms. The highest BCUT2D eigenvalue weighted by Crippen LogP contribution is 2.21. The molecular weight excluding hydrogens is 266 g/mol. The van der Waals surface area contributed by atoms with E-state index in [2.05, 4.69) is 20.0 Å². The molecule has 98 valence electrons. The number of aryl methyl sites for hydroxylation is 1. The van der Waals surface area contributed by atoms with Crippen molar-refractivity contribution < 1.29 is 9.53 Å². The first-order valence-electron chi connectivity index (χ1n) is 5.54. The summed E-state index contributed by atoms with van der Waals surface area (Å²) in [6.07, 6.45) is 1.33. The standard InChI is InChI=1S/C13H12ClN3O2/c1-8-4-3-5-9(6-8)16-11-10(12(18)19-2)7-15-13(14)17-11/h3-7H,1-2H3,(H,15,16,17). The Hall–Kier alpha value is -2.14. The molecule has 0 aliphatic heterocycles. The van der Waals surface area contributed by atoms with E-state index in [1.165, 1.54) is 13.3 Å². The summed E-state index contributed by atoms with van der Waals surface area (Å²) in [5, 5.41) is 3.09. The molecule has 1 aromatic heterocycles. The van der Waals surface area contributed by atoms with Crippen LogP contribution in [0.1, 0.15) is 15.9 Å². The molecule has 0 fully saturated rings. The van der Waals surface area contributed by atoms with Gasteiger partial charge in [-0.2, -0.15) is 4.98 Å². The third kappa shape index (κ3) is 3.20. The van der Waals surface area contributed by atoms with Crippen molar-refractivity contribution in [2.24, 2.45) is 0 Å². The van der Waals surface area contributed by atoms with Crippen molar-refractivity contribution in [2.75, 3.05) is 12.4 Å². The highest BCUT2D eigenvalue weighted by molar-refractivity contribution is 6.28. The topological polar surface area (TPSA) is 64.1 Å². The molecule has 0 radical (unpaired) electrons. The van der Waals surface area contributed by atoms with Crippen LogP contribution in [0.5, 0.6) is 0 Å². The van der Waals surface area contributed by atoms with E-state index in [1.807, 2.05) is 31.2 Å². The van der Waals surface area contributed by atoms with Gasteiger partial charge < -0.3 is 10.1 Å². The average molecular weight is 278 g/mol. The van der Waals surface area contributed by atoms with Gasteiger partial charge in [-0.15, -0.1) is 0 Å². The normalized spacial score (nSPS) is 10.1. The van der Waals surface area contributed by atoms with E-state index >= 15 is 0 Å². The summed E-state index contributed by atoms with van der Waals surface area (Å²) in [5.41, 5.74) is 2.12. The zero-order chi connectivity index (χ0) is 13.8. The summed E-state index contributed by atoms with van der Waals surface area (Å²) >= 11 is 5.75. The van der Waals surface area contributed by atoms with Gasteiger partial charge in [0.25, 0.3) is 0 Å². The first-order valence-corrected chi connectivity index (χ1v) is 5.92. The van der Waals surface area contributed by atoms with E-state index in [1.54, 1.807) is 0 Å². The monoisotopic (exact) mass is 277 g/mol. The summed E-state index contributed by atoms with van der Waals surface area (Å²) < 4.78 is 4.68. The zero-order valence-corrected chi connectivity index (χ0v) is 11.2. The molecule has 0 saturated heterocycles. The molecule has 0 saturated carbocycles. The third-order valence-corrected chi connectivity index (χ3v) is 2.63. The first kappa shape index (κ1) is 13.3. The highest BCUT2D eigenvalue weighted by atomic mass is 35.5. The Morgan fingerprint density at radius 1 is 1.42 bits per heavy atom. The van der Waals surface area contributed by atoms with Crippen molar-refractivity contribution >= 4 is 29.1 Å². The molecule has 1 aromatic carbocycles. The van der Waals surface area contributed by atoms with Crippen LogP contribution in [0, 0.1) is 6.92 Å². The molecule has 0 aliphatic rings. The van der Waals surface area contributed by atoms with Gasteiger partial charge in [-0.25, -0.2) is 9.78 Å². The Labute approximate surface area is 115 Å². The second kappa shape index (κ2) is 5.67. The van der Waals surface area contributed by atoms with Crippen LogP contribution in [-0.4, -0.2) is 23.0 Å². The predicted molar refractivity (Wildman–Crippen MR) is 72.8 cm³/mol. The number of nitrogens with one attached hydrogen (secondary N) is 1. The minimum absolute atomic E-state index is 0.0582. The summed E-state index contributed by atoms with van der Waals surface area (Å²) in [6.45, 7) is 1.97. The van der Waals surface area contributed by atoms with Gasteiger partial charge in [0.2, 0.25) is 5.28 Å². The number of ether oxygens (including phenoxy) is 1. The molecule has 1 heterocycles. The van der Waals surface area contributed by atoms with Gasteiger partial charge in [0.15, 0.2) is 0 Å². The van der Waals surface area contributed by atoms with Crippen LogP contribution in [-0.2, 0) is 4.74 Å². The Morgan fingerprint density at radius 2 is 2.21 bits per heavy atom. The van der Waals surface area contributed by atoms with Crippen molar-refractivity contribution in [1.82, 2.24) is 9.97 Å². The van der Waals surface area contributed by atoms with Gasteiger partial charge in [0.1, 0.15) is 11.4 Å². The number of hydrogen-bond donors (Lipinski definition) is 1. The third-order valence-electron chi connectivity index (χ3n) is 2.45. The van der Waals surface area contributed by atoms with Gasteiger partial charge >= 0.3 is 5.97 Å². The highest BCUT2D eigenvalue weighted by Gasteiger charge is 2.15. The van der Waals surface area contributed by atoms with Crippen LogP contribution in [0.25, 0.3) is 0 Å². The van der Waals surface area contributed by atoms with E-state index in [0.717, 1.165) is 11.3 Å². The van der Waals surface area contributed by atoms with Crippen LogP contribution in [0.4, 0.5) is 11.5 Å². The molecule has 0 unspecified atom stereocenters. The van der Waals surface area contributed by atoms with Gasteiger partial charge in [-0.1, -0.05) is 12.1 Å². The quantitative estimate of drug-likeness (QED) is 0.690. The molecule has 19 heavy (non-hydrogen) atoms. The SMILES string of the molecule is COC(=O)c1cnc(Cl)nc1Nc1cccc(C)c1. The second-order valence-corrected chi connectivity index (χ2v) is 4.23. The predicted octanol–water partition coefficient (Wildman–Crippen LogP) is 2.97. The summed E-state index contributed by atoms with van der Waals surface area (Å²) in [4.78, 5) is 19.4. The van der Waals surface area contributed by atoms with Crippen LogP contribution < -0.4 is 5.32 Å². The number of aromatic nitrogens is 2. The van der Waals surface area contributed by atoms with E-state index in [9.17, 15) is 4.79 Å². The van der Waals surface area contributed by atoms with Crippen LogP contribution >= 0.6 is 11.6 Å². The molecule has 5 nitrogen and oxygen atoms in total. The van der Waals surface area contributed by atoms with Gasteiger partial charge in [0, 0.05) is 11.9 Å². The molecule has 0 spiro atoms. The lowest BCUT2D eigenvalue weighted by molar-refractivity contribution is 0.0601. The molecule has 1 N–H and O–H groups in total. The Morgan fingerprint density at radius 3 is 2.89 bits per heavy atom. The number of carbonyl (C=O) groups excluding carboxylic acids is 1. The maximum Gasteiger partial charge on any atom is 0.343 e. The largest absolute Gasteiger partial charge is 0.465 e. The molecule has 0 amide bonds. The summed E-state index contributed by atoms with van der Waals surface area (Å²) in [7, 11) is 1.30. The summed E-state index contributed by atoms with van der Waals surface area (Å²) in [6, 6.07) is 7.67. The minimum Gasteiger partial charge on any atom is -0.465 e. The van der Waals surface area contributed by atoms with E-state index in [-0.39, 0.29) is 10.8 Å². The maximum atomic E-state index is 11.6. The first-order chi connectivity index (χ1) is 9.10. The minimum atomic E-state index is -0.521. The Bertz CT molecular complexity index is 617. The van der Waals surface area contributed by atoms with Crippen molar-refractivity contribution in [3.63, 3.8) is 0 Å². The lowest BCUT2D eigenvalue weighted by atomic mass is 10.2. The van der Waals surface area contributed by atoms with Crippen LogP contribution in [0.2, 0.25) is 5.28 Å². The number of esters is 1. The molecule has 6 heteroatoms. The Kier molecular flexibility index (Phi) is 3.97. The lowest BCUT2D eigenvalue weighted by Gasteiger charge is -2.10. The Balaban J connectivity index is 2.38. The fraction of sp³-hybridized carbons (Fsp3) is 0.154. The molecule has 2 rings (SSSR count). The van der Waals surface area contributed by atoms with Gasteiger partial charge in [-0.3, -0.25) is 0 Å². The maximum absolute atomic E-state index is 11.6. The number of carbonyl (C=O) groups is 1. The van der Waals surface area contributed by atoms with Crippen molar-refractivity contribution in [3.05, 3.63) is 46.9 Å². The smallest absolute Gasteiger partial charge is 0.343 e. The molecule has 0 aliphatic carbocycles. The number of nitrogens with zero attached hydrogens (tertiary/aromatic N) is 2. The average Bonchev–Trinajstić information content (AvgIpc) is 2.38. The number of anilines is 2. The second-order valence-electron chi connectivity index (χ2n) is 3.89. The van der Waals surface area contributed by atoms with E-state index in [0.29, 0.717) is 5.82 Å². The van der Waals surface area contributed by atoms with Crippen LogP contribution in [0.3, 0.4) is 0 Å². The zero-order valence-electron chi connectivity index (χ0n) is 10.5. The van der Waals surface area contributed by atoms with Crippen molar-refractivity contribution in [2.45, 2.75) is 6.92 Å². The van der Waals surface area contributed by atoms with Crippen molar-refractivity contribution in [1.29, 1.82) is 0 Å². The number of hydrogen-bond acceptors (Lipinski definition) is 5. The van der Waals surface area contributed by atoms with Crippen molar-refractivity contribution in [3.8, 4) is 0 Å².